The molecule has 0 aromatic heterocycles. The Bertz CT molecular complexity index is 372. The van der Waals surface area contributed by atoms with Gasteiger partial charge in [0.25, 0.3) is 0 Å². The molecule has 0 saturated carbocycles. The van der Waals surface area contributed by atoms with Crippen molar-refractivity contribution in [2.45, 2.75) is 32.2 Å². The van der Waals surface area contributed by atoms with E-state index < -0.39 is 0 Å². The Hall–Kier alpha value is -0.730. The van der Waals surface area contributed by atoms with Crippen LogP contribution in [0.5, 0.6) is 5.75 Å². The maximum Gasteiger partial charge on any atom is 0.123 e. The smallest absolute Gasteiger partial charge is 0.123 e. The molecule has 0 aliphatic carbocycles. The zero-order chi connectivity index (χ0) is 11.5. The third-order valence-corrected chi connectivity index (χ3v) is 3.44. The van der Waals surface area contributed by atoms with E-state index in [1.165, 1.54) is 24.0 Å². The van der Waals surface area contributed by atoms with Gasteiger partial charge >= 0.3 is 0 Å². The Morgan fingerprint density at radius 2 is 2.31 bits per heavy atom. The maximum absolute atomic E-state index is 6.13. The Morgan fingerprint density at radius 1 is 1.50 bits per heavy atom. The summed E-state index contributed by atoms with van der Waals surface area (Å²) in [6.45, 7) is 3.26. The summed E-state index contributed by atoms with van der Waals surface area (Å²) in [5.41, 5.74) is 2.59. The van der Waals surface area contributed by atoms with Crippen molar-refractivity contribution in [3.05, 3.63) is 28.3 Å². The highest BCUT2D eigenvalue weighted by Gasteiger charge is 2.21. The molecule has 2 nitrogen and oxygen atoms in total. The third kappa shape index (κ3) is 2.18. The third-order valence-electron chi connectivity index (χ3n) is 3.22. The lowest BCUT2D eigenvalue weighted by molar-refractivity contribution is 0.408. The van der Waals surface area contributed by atoms with E-state index in [-0.39, 0.29) is 0 Å². The van der Waals surface area contributed by atoms with Gasteiger partial charge in [0.2, 0.25) is 0 Å². The van der Waals surface area contributed by atoms with Gasteiger partial charge in [-0.1, -0.05) is 18.5 Å². The molecule has 0 amide bonds. The molecule has 88 valence electrons. The van der Waals surface area contributed by atoms with Crippen LogP contribution < -0.4 is 10.1 Å². The number of hydrogen-bond donors (Lipinski definition) is 1. The van der Waals surface area contributed by atoms with E-state index in [1.807, 2.05) is 6.07 Å². The first-order valence-electron chi connectivity index (χ1n) is 5.86. The van der Waals surface area contributed by atoms with E-state index in [4.69, 9.17) is 16.3 Å². The maximum atomic E-state index is 6.13. The van der Waals surface area contributed by atoms with Gasteiger partial charge in [-0.25, -0.2) is 0 Å². The van der Waals surface area contributed by atoms with Crippen molar-refractivity contribution in [3.63, 3.8) is 0 Å². The molecule has 1 atom stereocenters. The average molecular weight is 240 g/mol. The van der Waals surface area contributed by atoms with Gasteiger partial charge in [0.15, 0.2) is 0 Å². The summed E-state index contributed by atoms with van der Waals surface area (Å²) < 4.78 is 5.41. The summed E-state index contributed by atoms with van der Waals surface area (Å²) in [5, 5.41) is 4.27. The van der Waals surface area contributed by atoms with Gasteiger partial charge in [0.05, 0.1) is 7.11 Å². The SMILES string of the molecule is CCc1c(OC)cc(Cl)cc1C1CCCN1. The Balaban J connectivity index is 2.44. The number of halogens is 1. The van der Waals surface area contributed by atoms with Gasteiger partial charge in [-0.05, 0) is 49.1 Å². The van der Waals surface area contributed by atoms with Crippen LogP contribution in [0.1, 0.15) is 36.9 Å². The van der Waals surface area contributed by atoms with Crippen molar-refractivity contribution in [2.24, 2.45) is 0 Å². The fourth-order valence-corrected chi connectivity index (χ4v) is 2.67. The number of benzene rings is 1. The van der Waals surface area contributed by atoms with E-state index in [2.05, 4.69) is 18.3 Å². The molecule has 3 heteroatoms. The molecular weight excluding hydrogens is 222 g/mol. The van der Waals surface area contributed by atoms with Crippen LogP contribution >= 0.6 is 11.6 Å². The fraction of sp³-hybridized carbons (Fsp3) is 0.538. The fourth-order valence-electron chi connectivity index (χ4n) is 2.45. The number of ether oxygens (including phenoxy) is 1. The average Bonchev–Trinajstić information content (AvgIpc) is 2.81. The van der Waals surface area contributed by atoms with Crippen LogP contribution in [0, 0.1) is 0 Å². The number of methoxy groups -OCH3 is 1. The molecule has 0 bridgehead atoms. The molecule has 1 N–H and O–H groups in total. The molecule has 1 aromatic rings. The van der Waals surface area contributed by atoms with Crippen molar-refractivity contribution in [2.75, 3.05) is 13.7 Å². The molecule has 1 aliphatic rings. The molecule has 2 rings (SSSR count). The Labute approximate surface area is 102 Å². The molecule has 1 unspecified atom stereocenters. The minimum Gasteiger partial charge on any atom is -0.496 e. The predicted molar refractivity (Wildman–Crippen MR) is 67.4 cm³/mol. The monoisotopic (exact) mass is 239 g/mol. The van der Waals surface area contributed by atoms with Gasteiger partial charge < -0.3 is 10.1 Å². The van der Waals surface area contributed by atoms with E-state index >= 15 is 0 Å². The molecule has 0 radical (unpaired) electrons. The highest BCUT2D eigenvalue weighted by atomic mass is 35.5. The molecule has 1 saturated heterocycles. The lowest BCUT2D eigenvalue weighted by Crippen LogP contribution is -2.15. The second-order valence-electron chi connectivity index (χ2n) is 4.18. The summed E-state index contributed by atoms with van der Waals surface area (Å²) in [6.07, 6.45) is 3.41. The molecule has 16 heavy (non-hydrogen) atoms. The lowest BCUT2D eigenvalue weighted by Gasteiger charge is -2.18. The second kappa shape index (κ2) is 5.07. The van der Waals surface area contributed by atoms with Crippen molar-refractivity contribution in [1.82, 2.24) is 5.32 Å². The molecule has 1 fully saturated rings. The van der Waals surface area contributed by atoms with E-state index in [0.717, 1.165) is 23.7 Å². The van der Waals surface area contributed by atoms with E-state index in [0.29, 0.717) is 6.04 Å². The lowest BCUT2D eigenvalue weighted by atomic mass is 9.96. The first-order chi connectivity index (χ1) is 7.76. The minimum atomic E-state index is 0.447. The summed E-state index contributed by atoms with van der Waals surface area (Å²) in [5.74, 6) is 0.915. The van der Waals surface area contributed by atoms with Crippen molar-refractivity contribution >= 4 is 11.6 Å². The van der Waals surface area contributed by atoms with Crippen LogP contribution in [-0.4, -0.2) is 13.7 Å². The molecule has 1 heterocycles. The number of nitrogens with one attached hydrogen (secondary N) is 1. The van der Waals surface area contributed by atoms with Crippen molar-refractivity contribution in [3.8, 4) is 5.75 Å². The minimum absolute atomic E-state index is 0.447. The normalized spacial score (nSPS) is 20.1. The summed E-state index contributed by atoms with van der Waals surface area (Å²) >= 11 is 6.13. The van der Waals surface area contributed by atoms with Gasteiger partial charge in [0, 0.05) is 11.1 Å². The van der Waals surface area contributed by atoms with Gasteiger partial charge in [-0.15, -0.1) is 0 Å². The van der Waals surface area contributed by atoms with E-state index in [9.17, 15) is 0 Å². The van der Waals surface area contributed by atoms with Crippen LogP contribution in [0.25, 0.3) is 0 Å². The van der Waals surface area contributed by atoms with Crippen LogP contribution in [0.2, 0.25) is 5.02 Å². The van der Waals surface area contributed by atoms with Crippen LogP contribution in [-0.2, 0) is 6.42 Å². The molecule has 1 aliphatic heterocycles. The van der Waals surface area contributed by atoms with Gasteiger partial charge in [-0.2, -0.15) is 0 Å². The quantitative estimate of drug-likeness (QED) is 0.874. The van der Waals surface area contributed by atoms with Gasteiger partial charge in [0.1, 0.15) is 5.75 Å². The topological polar surface area (TPSA) is 21.3 Å². The first-order valence-corrected chi connectivity index (χ1v) is 6.23. The molecular formula is C13H18ClNO. The summed E-state index contributed by atoms with van der Waals surface area (Å²) in [6, 6.07) is 4.42. The zero-order valence-corrected chi connectivity index (χ0v) is 10.6. The largest absolute Gasteiger partial charge is 0.496 e. The Kier molecular flexibility index (Phi) is 3.72. The first kappa shape index (κ1) is 11.7. The van der Waals surface area contributed by atoms with E-state index in [1.54, 1.807) is 7.11 Å². The summed E-state index contributed by atoms with van der Waals surface area (Å²) in [7, 11) is 1.71. The highest BCUT2D eigenvalue weighted by molar-refractivity contribution is 6.30. The second-order valence-corrected chi connectivity index (χ2v) is 4.61. The van der Waals surface area contributed by atoms with Crippen LogP contribution in [0.3, 0.4) is 0 Å². The van der Waals surface area contributed by atoms with Crippen LogP contribution in [0.4, 0.5) is 0 Å². The number of rotatable bonds is 3. The zero-order valence-electron chi connectivity index (χ0n) is 9.85. The standard InChI is InChI=1S/C13H18ClNO/c1-3-10-11(12-5-4-6-15-12)7-9(14)8-13(10)16-2/h7-8,12,15H,3-6H2,1-2H3. The molecule has 1 aromatic carbocycles. The Morgan fingerprint density at radius 3 is 2.88 bits per heavy atom. The summed E-state index contributed by atoms with van der Waals surface area (Å²) in [4.78, 5) is 0. The molecule has 0 spiro atoms. The highest BCUT2D eigenvalue weighted by Crippen LogP contribution is 2.34. The van der Waals surface area contributed by atoms with Crippen LogP contribution in [0.15, 0.2) is 12.1 Å². The number of hydrogen-bond acceptors (Lipinski definition) is 2. The van der Waals surface area contributed by atoms with Crippen molar-refractivity contribution in [1.29, 1.82) is 0 Å². The van der Waals surface area contributed by atoms with Gasteiger partial charge in [-0.3, -0.25) is 0 Å². The predicted octanol–water partition coefficient (Wildman–Crippen LogP) is 3.34. The van der Waals surface area contributed by atoms with Crippen molar-refractivity contribution < 1.29 is 4.74 Å².